The maximum absolute atomic E-state index is 5.98. The Labute approximate surface area is 130 Å². The van der Waals surface area contributed by atoms with Gasteiger partial charge in [-0.15, -0.1) is 0 Å². The predicted molar refractivity (Wildman–Crippen MR) is 88.1 cm³/mol. The summed E-state index contributed by atoms with van der Waals surface area (Å²) in [7, 11) is 2.25. The minimum Gasteiger partial charge on any atom is -0.491 e. The number of rotatable bonds is 6. The van der Waals surface area contributed by atoms with Crippen molar-refractivity contribution in [2.75, 3.05) is 20.1 Å². The molecule has 2 aliphatic heterocycles. The van der Waals surface area contributed by atoms with Crippen molar-refractivity contribution >= 4 is 0 Å². The number of hydrogen-bond acceptors (Lipinski definition) is 2. The lowest BCUT2D eigenvalue weighted by atomic mass is 9.86. The van der Waals surface area contributed by atoms with Crippen LogP contribution >= 0.6 is 0 Å². The third-order valence-corrected chi connectivity index (χ3v) is 5.50. The largest absolute Gasteiger partial charge is 0.491 e. The summed E-state index contributed by atoms with van der Waals surface area (Å²) in [6, 6.07) is 0. The van der Waals surface area contributed by atoms with Crippen molar-refractivity contribution in [1.82, 2.24) is 4.90 Å². The molecule has 0 spiro atoms. The smallest absolute Gasteiger partial charge is 0.120 e. The Morgan fingerprint density at radius 3 is 2.86 bits per heavy atom. The van der Waals surface area contributed by atoms with Gasteiger partial charge in [0.1, 0.15) is 6.10 Å². The Kier molecular flexibility index (Phi) is 4.73. The van der Waals surface area contributed by atoms with E-state index in [1.54, 1.807) is 11.1 Å². The van der Waals surface area contributed by atoms with E-state index in [0.717, 1.165) is 17.6 Å². The molecule has 1 aliphatic carbocycles. The molecule has 1 saturated heterocycles. The van der Waals surface area contributed by atoms with E-state index < -0.39 is 0 Å². The van der Waals surface area contributed by atoms with E-state index in [4.69, 9.17) is 4.74 Å². The fraction of sp³-hybridized carbons (Fsp3) is 0.789. The molecule has 0 N–H and O–H groups in total. The standard InChI is InChI=1S/C19H31NO/c1-14(11-16-7-9-20(3)10-8-16)5-4-6-19-18-13-17(18)12-15(2)21-19/h12,14,16,19H,4-11,13H2,1-3H3. The summed E-state index contributed by atoms with van der Waals surface area (Å²) in [5.41, 5.74) is 3.15. The minimum atomic E-state index is 0.417. The molecular formula is C19H31NO. The number of ether oxygens (including phenoxy) is 1. The molecule has 1 fully saturated rings. The van der Waals surface area contributed by atoms with Gasteiger partial charge in [0.25, 0.3) is 0 Å². The van der Waals surface area contributed by atoms with Crippen LogP contribution in [0.1, 0.15) is 58.8 Å². The quantitative estimate of drug-likeness (QED) is 0.712. The van der Waals surface area contributed by atoms with Crippen LogP contribution in [0.25, 0.3) is 0 Å². The van der Waals surface area contributed by atoms with Crippen molar-refractivity contribution in [2.24, 2.45) is 11.8 Å². The summed E-state index contributed by atoms with van der Waals surface area (Å²) in [4.78, 5) is 2.47. The van der Waals surface area contributed by atoms with Crippen molar-refractivity contribution in [2.45, 2.75) is 64.9 Å². The molecule has 0 amide bonds. The molecule has 118 valence electrons. The highest BCUT2D eigenvalue weighted by Crippen LogP contribution is 2.43. The van der Waals surface area contributed by atoms with Crippen LogP contribution in [0, 0.1) is 11.8 Å². The van der Waals surface area contributed by atoms with Gasteiger partial charge < -0.3 is 9.64 Å². The maximum atomic E-state index is 5.98. The van der Waals surface area contributed by atoms with Gasteiger partial charge in [0, 0.05) is 0 Å². The highest BCUT2D eigenvalue weighted by atomic mass is 16.5. The number of allylic oxidation sites excluding steroid dienone is 3. The zero-order valence-corrected chi connectivity index (χ0v) is 14.0. The van der Waals surface area contributed by atoms with Gasteiger partial charge in [-0.1, -0.05) is 13.3 Å². The summed E-state index contributed by atoms with van der Waals surface area (Å²) in [5, 5.41) is 0. The van der Waals surface area contributed by atoms with Crippen molar-refractivity contribution in [3.63, 3.8) is 0 Å². The Morgan fingerprint density at radius 1 is 1.33 bits per heavy atom. The van der Waals surface area contributed by atoms with Crippen molar-refractivity contribution < 1.29 is 4.74 Å². The average molecular weight is 289 g/mol. The second-order valence-electron chi connectivity index (χ2n) is 7.61. The molecule has 0 aromatic heterocycles. The Morgan fingerprint density at radius 2 is 2.10 bits per heavy atom. The number of hydrogen-bond donors (Lipinski definition) is 0. The van der Waals surface area contributed by atoms with E-state index in [0.29, 0.717) is 6.10 Å². The van der Waals surface area contributed by atoms with Gasteiger partial charge in [0.05, 0.1) is 5.76 Å². The molecule has 0 bridgehead atoms. The lowest BCUT2D eigenvalue weighted by Gasteiger charge is -2.30. The summed E-state index contributed by atoms with van der Waals surface area (Å²) in [6.45, 7) is 7.15. The zero-order valence-electron chi connectivity index (χ0n) is 14.0. The molecule has 2 unspecified atom stereocenters. The lowest BCUT2D eigenvalue weighted by molar-refractivity contribution is 0.134. The summed E-state index contributed by atoms with van der Waals surface area (Å²) < 4.78 is 5.98. The van der Waals surface area contributed by atoms with Gasteiger partial charge in [0.2, 0.25) is 0 Å². The Balaban J connectivity index is 1.32. The normalized spacial score (nSPS) is 28.0. The molecule has 2 heteroatoms. The summed E-state index contributed by atoms with van der Waals surface area (Å²) in [5.74, 6) is 2.98. The first-order chi connectivity index (χ1) is 10.1. The molecule has 21 heavy (non-hydrogen) atoms. The first-order valence-corrected chi connectivity index (χ1v) is 8.87. The van der Waals surface area contributed by atoms with Crippen LogP contribution < -0.4 is 0 Å². The molecule has 3 aliphatic rings. The number of piperidine rings is 1. The Bertz CT molecular complexity index is 429. The fourth-order valence-corrected chi connectivity index (χ4v) is 4.07. The predicted octanol–water partition coefficient (Wildman–Crippen LogP) is 4.53. The van der Waals surface area contributed by atoms with Crippen molar-refractivity contribution in [3.05, 3.63) is 23.0 Å². The molecule has 0 aromatic rings. The topological polar surface area (TPSA) is 12.5 Å². The second-order valence-corrected chi connectivity index (χ2v) is 7.61. The molecule has 0 aromatic carbocycles. The van der Waals surface area contributed by atoms with Crippen LogP contribution in [0.15, 0.2) is 23.0 Å². The fourth-order valence-electron chi connectivity index (χ4n) is 4.07. The van der Waals surface area contributed by atoms with Gasteiger partial charge in [-0.2, -0.15) is 0 Å². The first kappa shape index (κ1) is 15.1. The van der Waals surface area contributed by atoms with Crippen LogP contribution in [-0.2, 0) is 4.74 Å². The molecule has 0 radical (unpaired) electrons. The van der Waals surface area contributed by atoms with Crippen LogP contribution in [0.2, 0.25) is 0 Å². The lowest BCUT2D eigenvalue weighted by Crippen LogP contribution is -2.30. The first-order valence-electron chi connectivity index (χ1n) is 8.87. The van der Waals surface area contributed by atoms with Gasteiger partial charge in [-0.25, -0.2) is 0 Å². The van der Waals surface area contributed by atoms with Crippen LogP contribution in [-0.4, -0.2) is 31.1 Å². The third kappa shape index (κ3) is 4.12. The third-order valence-electron chi connectivity index (χ3n) is 5.50. The van der Waals surface area contributed by atoms with E-state index in [-0.39, 0.29) is 0 Å². The molecule has 2 atom stereocenters. The van der Waals surface area contributed by atoms with Crippen molar-refractivity contribution in [3.8, 4) is 0 Å². The number of likely N-dealkylation sites (tertiary alicyclic amines) is 1. The van der Waals surface area contributed by atoms with E-state index >= 15 is 0 Å². The van der Waals surface area contributed by atoms with E-state index in [1.165, 1.54) is 58.0 Å². The molecule has 3 rings (SSSR count). The minimum absolute atomic E-state index is 0.417. The van der Waals surface area contributed by atoms with Crippen LogP contribution in [0.3, 0.4) is 0 Å². The van der Waals surface area contributed by atoms with E-state index in [1.807, 2.05) is 0 Å². The average Bonchev–Trinajstić information content (AvgIpc) is 3.20. The highest BCUT2D eigenvalue weighted by molar-refractivity contribution is 5.48. The SMILES string of the molecule is CC1=CC2=C(C2)C(CCCC(C)CC2CCN(C)CC2)O1. The highest BCUT2D eigenvalue weighted by Gasteiger charge is 2.32. The molecule has 0 saturated carbocycles. The Hall–Kier alpha value is -0.760. The van der Waals surface area contributed by atoms with E-state index in [2.05, 4.69) is 31.9 Å². The molecule has 2 heterocycles. The van der Waals surface area contributed by atoms with Gasteiger partial charge in [-0.05, 0) is 94.6 Å². The monoisotopic (exact) mass is 289 g/mol. The summed E-state index contributed by atoms with van der Waals surface area (Å²) in [6.07, 6.45) is 12.0. The maximum Gasteiger partial charge on any atom is 0.120 e. The number of nitrogens with zero attached hydrogens (tertiary/aromatic N) is 1. The van der Waals surface area contributed by atoms with Gasteiger partial charge in [0.15, 0.2) is 0 Å². The molecule has 2 nitrogen and oxygen atoms in total. The van der Waals surface area contributed by atoms with Gasteiger partial charge >= 0.3 is 0 Å². The van der Waals surface area contributed by atoms with Crippen molar-refractivity contribution in [1.29, 1.82) is 0 Å². The second kappa shape index (κ2) is 6.56. The summed E-state index contributed by atoms with van der Waals surface area (Å²) >= 11 is 0. The molecular weight excluding hydrogens is 258 g/mol. The van der Waals surface area contributed by atoms with Crippen LogP contribution in [0.4, 0.5) is 0 Å². The van der Waals surface area contributed by atoms with E-state index in [9.17, 15) is 0 Å². The van der Waals surface area contributed by atoms with Crippen LogP contribution in [0.5, 0.6) is 0 Å². The zero-order chi connectivity index (χ0) is 14.8. The van der Waals surface area contributed by atoms with Gasteiger partial charge in [-0.3, -0.25) is 0 Å².